The van der Waals surface area contributed by atoms with Gasteiger partial charge in [0, 0.05) is 12.6 Å². The van der Waals surface area contributed by atoms with E-state index in [2.05, 4.69) is 17.3 Å². The summed E-state index contributed by atoms with van der Waals surface area (Å²) in [4.78, 5) is 12.4. The molecule has 2 rings (SSSR count). The molecule has 5 nitrogen and oxygen atoms in total. The molecule has 3 N–H and O–H groups in total. The summed E-state index contributed by atoms with van der Waals surface area (Å²) in [5, 5.41) is 7.40. The van der Waals surface area contributed by atoms with Crippen molar-refractivity contribution in [3.63, 3.8) is 0 Å². The second kappa shape index (κ2) is 5.63. The Morgan fingerprint density at radius 2 is 2.26 bits per heavy atom. The Balaban J connectivity index is 2.11. The molecule has 5 heteroatoms. The van der Waals surface area contributed by atoms with E-state index < -0.39 is 0 Å². The average molecular weight is 264 g/mol. The molecular formula is C14H24N4O. The Morgan fingerprint density at radius 1 is 1.53 bits per heavy atom. The maximum absolute atomic E-state index is 12.4. The molecule has 0 aromatic carbocycles. The van der Waals surface area contributed by atoms with Gasteiger partial charge in [-0.25, -0.2) is 0 Å². The fourth-order valence-electron chi connectivity index (χ4n) is 2.88. The molecule has 1 aliphatic carbocycles. The molecule has 2 unspecified atom stereocenters. The second-order valence-electron chi connectivity index (χ2n) is 5.61. The van der Waals surface area contributed by atoms with Gasteiger partial charge in [-0.1, -0.05) is 19.8 Å². The topological polar surface area (TPSA) is 72.9 Å². The van der Waals surface area contributed by atoms with Crippen LogP contribution in [0.3, 0.4) is 0 Å². The van der Waals surface area contributed by atoms with Crippen molar-refractivity contribution in [3.8, 4) is 0 Å². The lowest BCUT2D eigenvalue weighted by Crippen LogP contribution is -2.39. The molecule has 1 aromatic rings. The van der Waals surface area contributed by atoms with Crippen LogP contribution in [0.1, 0.15) is 55.7 Å². The van der Waals surface area contributed by atoms with Crippen molar-refractivity contribution < 1.29 is 4.79 Å². The fourth-order valence-corrected chi connectivity index (χ4v) is 2.88. The normalized spacial score (nSPS) is 23.3. The van der Waals surface area contributed by atoms with Gasteiger partial charge >= 0.3 is 0 Å². The van der Waals surface area contributed by atoms with E-state index in [0.717, 1.165) is 18.5 Å². The number of nitrogen functional groups attached to an aromatic ring is 1. The van der Waals surface area contributed by atoms with Gasteiger partial charge in [-0.3, -0.25) is 9.48 Å². The second-order valence-corrected chi connectivity index (χ2v) is 5.61. The SMILES string of the molecule is CCn1nc(C)c(N)c1C(=O)NC1CCCC(C)C1. The average Bonchev–Trinajstić information content (AvgIpc) is 2.65. The molecule has 19 heavy (non-hydrogen) atoms. The zero-order valence-corrected chi connectivity index (χ0v) is 12.1. The van der Waals surface area contributed by atoms with E-state index in [1.54, 1.807) is 4.68 Å². The van der Waals surface area contributed by atoms with E-state index in [1.807, 2.05) is 13.8 Å². The summed E-state index contributed by atoms with van der Waals surface area (Å²) in [5.74, 6) is 0.605. The first-order valence-corrected chi connectivity index (χ1v) is 7.16. The molecule has 0 saturated heterocycles. The summed E-state index contributed by atoms with van der Waals surface area (Å²) in [6.45, 7) is 6.70. The highest BCUT2D eigenvalue weighted by Crippen LogP contribution is 2.24. The van der Waals surface area contributed by atoms with Crippen molar-refractivity contribution >= 4 is 11.6 Å². The number of hydrogen-bond acceptors (Lipinski definition) is 3. The van der Waals surface area contributed by atoms with Gasteiger partial charge in [0.15, 0.2) is 0 Å². The van der Waals surface area contributed by atoms with Gasteiger partial charge in [-0.2, -0.15) is 5.10 Å². The first-order valence-electron chi connectivity index (χ1n) is 7.16. The van der Waals surface area contributed by atoms with Crippen molar-refractivity contribution in [2.75, 3.05) is 5.73 Å². The molecule has 1 fully saturated rings. The first kappa shape index (κ1) is 13.9. The van der Waals surface area contributed by atoms with Gasteiger partial charge in [0.1, 0.15) is 5.69 Å². The summed E-state index contributed by atoms with van der Waals surface area (Å²) in [6, 6.07) is 0.274. The van der Waals surface area contributed by atoms with E-state index in [4.69, 9.17) is 5.73 Å². The van der Waals surface area contributed by atoms with E-state index in [1.165, 1.54) is 12.8 Å². The number of anilines is 1. The highest BCUT2D eigenvalue weighted by atomic mass is 16.2. The number of carbonyl (C=O) groups is 1. The highest BCUT2D eigenvalue weighted by molar-refractivity contribution is 5.98. The molecule has 0 radical (unpaired) electrons. The molecule has 1 saturated carbocycles. The van der Waals surface area contributed by atoms with Gasteiger partial charge in [0.25, 0.3) is 5.91 Å². The summed E-state index contributed by atoms with van der Waals surface area (Å²) >= 11 is 0. The lowest BCUT2D eigenvalue weighted by molar-refractivity contribution is 0.0911. The number of aryl methyl sites for hydroxylation is 2. The summed E-state index contributed by atoms with van der Waals surface area (Å²) < 4.78 is 1.69. The van der Waals surface area contributed by atoms with Gasteiger partial charge in [-0.05, 0) is 32.6 Å². The van der Waals surface area contributed by atoms with E-state index in [9.17, 15) is 4.79 Å². The fraction of sp³-hybridized carbons (Fsp3) is 0.714. The molecule has 1 aliphatic rings. The number of nitrogens with zero attached hydrogens (tertiary/aromatic N) is 2. The predicted molar refractivity (Wildman–Crippen MR) is 75.9 cm³/mol. The third kappa shape index (κ3) is 2.91. The molecule has 1 aromatic heterocycles. The lowest BCUT2D eigenvalue weighted by atomic mass is 9.87. The van der Waals surface area contributed by atoms with Gasteiger partial charge < -0.3 is 11.1 Å². The number of aromatic nitrogens is 2. The summed E-state index contributed by atoms with van der Waals surface area (Å²) in [6.07, 6.45) is 4.58. The number of carbonyl (C=O) groups excluding carboxylic acids is 1. The maximum atomic E-state index is 12.4. The van der Waals surface area contributed by atoms with Crippen molar-refractivity contribution in [2.45, 2.75) is 59.0 Å². The highest BCUT2D eigenvalue weighted by Gasteiger charge is 2.24. The minimum atomic E-state index is -0.0842. The number of nitrogens with two attached hydrogens (primary N) is 1. The van der Waals surface area contributed by atoms with Crippen LogP contribution in [0.5, 0.6) is 0 Å². The lowest BCUT2D eigenvalue weighted by Gasteiger charge is -2.27. The van der Waals surface area contributed by atoms with Gasteiger partial charge in [0.2, 0.25) is 0 Å². The molecule has 1 amide bonds. The maximum Gasteiger partial charge on any atom is 0.271 e. The Hall–Kier alpha value is -1.52. The zero-order valence-electron chi connectivity index (χ0n) is 12.1. The van der Waals surface area contributed by atoms with Crippen LogP contribution in [0.25, 0.3) is 0 Å². The number of nitrogens with one attached hydrogen (secondary N) is 1. The molecule has 1 heterocycles. The van der Waals surface area contributed by atoms with Crippen LogP contribution in [-0.4, -0.2) is 21.7 Å². The summed E-state index contributed by atoms with van der Waals surface area (Å²) in [5.41, 5.74) is 7.71. The Bertz CT molecular complexity index is 466. The van der Waals surface area contributed by atoms with Crippen LogP contribution in [0.15, 0.2) is 0 Å². The molecular weight excluding hydrogens is 240 g/mol. The monoisotopic (exact) mass is 264 g/mol. The van der Waals surface area contributed by atoms with Gasteiger partial charge in [-0.15, -0.1) is 0 Å². The van der Waals surface area contributed by atoms with Gasteiger partial charge in [0.05, 0.1) is 11.4 Å². The smallest absolute Gasteiger partial charge is 0.271 e. The van der Waals surface area contributed by atoms with Crippen molar-refractivity contribution in [1.82, 2.24) is 15.1 Å². The van der Waals surface area contributed by atoms with Crippen molar-refractivity contribution in [3.05, 3.63) is 11.4 Å². The number of amides is 1. The van der Waals surface area contributed by atoms with Crippen LogP contribution in [0.2, 0.25) is 0 Å². The van der Waals surface area contributed by atoms with E-state index >= 15 is 0 Å². The largest absolute Gasteiger partial charge is 0.395 e. The Morgan fingerprint density at radius 3 is 2.89 bits per heavy atom. The third-order valence-electron chi connectivity index (χ3n) is 3.96. The minimum absolute atomic E-state index is 0.0842. The van der Waals surface area contributed by atoms with Crippen LogP contribution in [0.4, 0.5) is 5.69 Å². The molecule has 0 spiro atoms. The van der Waals surface area contributed by atoms with Crippen LogP contribution in [-0.2, 0) is 6.54 Å². The molecule has 0 aliphatic heterocycles. The van der Waals surface area contributed by atoms with Crippen molar-refractivity contribution in [1.29, 1.82) is 0 Å². The quantitative estimate of drug-likeness (QED) is 0.878. The van der Waals surface area contributed by atoms with Crippen molar-refractivity contribution in [2.24, 2.45) is 5.92 Å². The van der Waals surface area contributed by atoms with Crippen LogP contribution in [0, 0.1) is 12.8 Å². The Labute approximate surface area is 114 Å². The van der Waals surface area contributed by atoms with Crippen LogP contribution >= 0.6 is 0 Å². The standard InChI is InChI=1S/C14H24N4O/c1-4-18-13(12(15)10(3)17-18)14(19)16-11-7-5-6-9(2)8-11/h9,11H,4-8,15H2,1-3H3,(H,16,19). The van der Waals surface area contributed by atoms with Crippen LogP contribution < -0.4 is 11.1 Å². The first-order chi connectivity index (χ1) is 9.02. The number of rotatable bonds is 3. The zero-order chi connectivity index (χ0) is 14.0. The summed E-state index contributed by atoms with van der Waals surface area (Å²) in [7, 11) is 0. The number of hydrogen-bond donors (Lipinski definition) is 2. The predicted octanol–water partition coefficient (Wildman–Crippen LogP) is 2.10. The minimum Gasteiger partial charge on any atom is -0.395 e. The molecule has 2 atom stereocenters. The van der Waals surface area contributed by atoms with E-state index in [-0.39, 0.29) is 11.9 Å². The molecule has 0 bridgehead atoms. The molecule has 106 valence electrons. The third-order valence-corrected chi connectivity index (χ3v) is 3.96. The Kier molecular flexibility index (Phi) is 4.12. The van der Waals surface area contributed by atoms with E-state index in [0.29, 0.717) is 23.8 Å².